The lowest BCUT2D eigenvalue weighted by atomic mass is 10.0. The summed E-state index contributed by atoms with van der Waals surface area (Å²) in [7, 11) is 2.17. The minimum atomic E-state index is 0.553. The highest BCUT2D eigenvalue weighted by Gasteiger charge is 2.33. The Labute approximate surface area is 149 Å². The van der Waals surface area contributed by atoms with Crippen LogP contribution in [0.15, 0.2) is 12.1 Å². The topological polar surface area (TPSA) is 50.1 Å². The smallest absolute Gasteiger partial charge is 0.252 e. The summed E-state index contributed by atoms with van der Waals surface area (Å²) in [5.74, 6) is 1.67. The first-order valence-corrected chi connectivity index (χ1v) is 9.37. The first kappa shape index (κ1) is 16.5. The maximum Gasteiger partial charge on any atom is 0.252 e. The van der Waals surface area contributed by atoms with Crippen molar-refractivity contribution < 1.29 is 0 Å². The molecule has 0 aromatic carbocycles. The molecule has 1 saturated heterocycles. The molecule has 134 valence electrons. The Balaban J connectivity index is 1.54. The van der Waals surface area contributed by atoms with Gasteiger partial charge >= 0.3 is 0 Å². The van der Waals surface area contributed by atoms with Crippen LogP contribution in [0.4, 0.5) is 5.82 Å². The van der Waals surface area contributed by atoms with Crippen molar-refractivity contribution in [1.82, 2.24) is 24.6 Å². The van der Waals surface area contributed by atoms with E-state index in [2.05, 4.69) is 39.1 Å². The molecule has 2 fully saturated rings. The molecule has 0 N–H and O–H groups in total. The molecule has 1 aliphatic heterocycles. The van der Waals surface area contributed by atoms with E-state index < -0.39 is 0 Å². The van der Waals surface area contributed by atoms with Crippen LogP contribution in [0.3, 0.4) is 0 Å². The Morgan fingerprint density at radius 1 is 0.960 bits per heavy atom. The van der Waals surface area contributed by atoms with Gasteiger partial charge in [0.2, 0.25) is 0 Å². The number of nitrogens with zero attached hydrogens (tertiary/aromatic N) is 6. The summed E-state index contributed by atoms with van der Waals surface area (Å²) in [5.41, 5.74) is 3.04. The number of piperidine rings is 1. The molecule has 0 bridgehead atoms. The van der Waals surface area contributed by atoms with Gasteiger partial charge < -0.3 is 9.80 Å². The summed E-state index contributed by atoms with van der Waals surface area (Å²) in [4.78, 5) is 14.4. The molecule has 2 aliphatic rings. The van der Waals surface area contributed by atoms with Gasteiger partial charge in [0.1, 0.15) is 5.82 Å². The number of anilines is 1. The molecule has 4 rings (SSSR count). The summed E-state index contributed by atoms with van der Waals surface area (Å²) in [5, 5.41) is 4.54. The normalized spacial score (nSPS) is 19.4. The predicted molar refractivity (Wildman–Crippen MR) is 99.4 cm³/mol. The maximum atomic E-state index is 4.82. The zero-order valence-corrected chi connectivity index (χ0v) is 15.7. The van der Waals surface area contributed by atoms with Crippen LogP contribution in [0, 0.1) is 20.8 Å². The van der Waals surface area contributed by atoms with E-state index in [-0.39, 0.29) is 0 Å². The van der Waals surface area contributed by atoms with Crippen LogP contribution in [-0.4, -0.2) is 56.9 Å². The van der Waals surface area contributed by atoms with Crippen molar-refractivity contribution in [2.24, 2.45) is 0 Å². The van der Waals surface area contributed by atoms with Crippen LogP contribution in [0.5, 0.6) is 0 Å². The zero-order valence-electron chi connectivity index (χ0n) is 15.7. The van der Waals surface area contributed by atoms with E-state index in [4.69, 9.17) is 4.98 Å². The van der Waals surface area contributed by atoms with Crippen LogP contribution in [0.25, 0.3) is 5.95 Å². The second kappa shape index (κ2) is 6.41. The van der Waals surface area contributed by atoms with E-state index in [0.717, 1.165) is 28.9 Å². The van der Waals surface area contributed by atoms with E-state index in [1.54, 1.807) is 0 Å². The van der Waals surface area contributed by atoms with Gasteiger partial charge in [-0.3, -0.25) is 0 Å². The molecule has 3 heterocycles. The standard InChI is InChI=1S/C19H28N6/c1-13-12-18(21-19(20-13)25-15(3)11-14(2)22-25)23(4)16-7-9-24(10-8-16)17-5-6-17/h11-12,16-17H,5-10H2,1-4H3. The van der Waals surface area contributed by atoms with E-state index >= 15 is 0 Å². The molecule has 0 amide bonds. The fraction of sp³-hybridized carbons (Fsp3) is 0.632. The summed E-state index contributed by atoms with van der Waals surface area (Å²) in [6, 6.07) is 5.58. The van der Waals surface area contributed by atoms with Gasteiger partial charge in [-0.2, -0.15) is 10.1 Å². The van der Waals surface area contributed by atoms with Gasteiger partial charge in [-0.1, -0.05) is 0 Å². The summed E-state index contributed by atoms with van der Waals surface area (Å²) in [6.07, 6.45) is 5.23. The summed E-state index contributed by atoms with van der Waals surface area (Å²) in [6.45, 7) is 8.51. The summed E-state index contributed by atoms with van der Waals surface area (Å²) >= 11 is 0. The average molecular weight is 340 g/mol. The van der Waals surface area contributed by atoms with E-state index in [1.165, 1.54) is 38.8 Å². The van der Waals surface area contributed by atoms with Crippen LogP contribution in [-0.2, 0) is 0 Å². The van der Waals surface area contributed by atoms with Crippen molar-refractivity contribution in [2.75, 3.05) is 25.0 Å². The van der Waals surface area contributed by atoms with Crippen molar-refractivity contribution in [3.8, 4) is 5.95 Å². The van der Waals surface area contributed by atoms with Gasteiger partial charge in [-0.15, -0.1) is 0 Å². The lowest BCUT2D eigenvalue weighted by Gasteiger charge is -2.37. The minimum absolute atomic E-state index is 0.553. The van der Waals surface area contributed by atoms with Gasteiger partial charge in [-0.25, -0.2) is 9.67 Å². The van der Waals surface area contributed by atoms with E-state index in [1.807, 2.05) is 25.5 Å². The Bertz CT molecular complexity index is 755. The molecule has 6 heteroatoms. The predicted octanol–water partition coefficient (Wildman–Crippen LogP) is 2.65. The average Bonchev–Trinajstić information content (AvgIpc) is 3.38. The number of hydrogen-bond acceptors (Lipinski definition) is 5. The third kappa shape index (κ3) is 3.40. The minimum Gasteiger partial charge on any atom is -0.356 e. The lowest BCUT2D eigenvalue weighted by Crippen LogP contribution is -2.44. The number of hydrogen-bond donors (Lipinski definition) is 0. The summed E-state index contributed by atoms with van der Waals surface area (Å²) < 4.78 is 1.84. The fourth-order valence-electron chi connectivity index (χ4n) is 3.91. The second-order valence-corrected chi connectivity index (χ2v) is 7.62. The second-order valence-electron chi connectivity index (χ2n) is 7.62. The molecular weight excluding hydrogens is 312 g/mol. The molecule has 1 saturated carbocycles. The van der Waals surface area contributed by atoms with Crippen molar-refractivity contribution in [3.63, 3.8) is 0 Å². The Hall–Kier alpha value is -1.95. The quantitative estimate of drug-likeness (QED) is 0.856. The molecule has 0 spiro atoms. The molecule has 2 aromatic rings. The largest absolute Gasteiger partial charge is 0.356 e. The highest BCUT2D eigenvalue weighted by Crippen LogP contribution is 2.31. The Morgan fingerprint density at radius 2 is 1.68 bits per heavy atom. The van der Waals surface area contributed by atoms with Crippen molar-refractivity contribution in [3.05, 3.63) is 29.2 Å². The highest BCUT2D eigenvalue weighted by atomic mass is 15.4. The van der Waals surface area contributed by atoms with Crippen molar-refractivity contribution in [2.45, 2.75) is 58.5 Å². The third-order valence-electron chi connectivity index (χ3n) is 5.50. The van der Waals surface area contributed by atoms with E-state index in [0.29, 0.717) is 12.0 Å². The number of aromatic nitrogens is 4. The molecule has 0 atom stereocenters. The molecule has 25 heavy (non-hydrogen) atoms. The van der Waals surface area contributed by atoms with Crippen molar-refractivity contribution >= 4 is 5.82 Å². The number of likely N-dealkylation sites (tertiary alicyclic amines) is 1. The van der Waals surface area contributed by atoms with Gasteiger partial charge in [0.15, 0.2) is 0 Å². The van der Waals surface area contributed by atoms with Gasteiger partial charge in [0.25, 0.3) is 5.95 Å². The molecule has 1 aliphatic carbocycles. The molecule has 2 aromatic heterocycles. The Morgan fingerprint density at radius 3 is 2.28 bits per heavy atom. The maximum absolute atomic E-state index is 4.82. The van der Waals surface area contributed by atoms with Gasteiger partial charge in [0.05, 0.1) is 5.69 Å². The van der Waals surface area contributed by atoms with Crippen molar-refractivity contribution in [1.29, 1.82) is 0 Å². The van der Waals surface area contributed by atoms with Crippen LogP contribution in [0.2, 0.25) is 0 Å². The number of rotatable bonds is 4. The first-order valence-electron chi connectivity index (χ1n) is 9.37. The molecule has 0 unspecified atom stereocenters. The molecule has 0 radical (unpaired) electrons. The lowest BCUT2D eigenvalue weighted by molar-refractivity contribution is 0.202. The van der Waals surface area contributed by atoms with Crippen LogP contribution in [0.1, 0.15) is 42.8 Å². The fourth-order valence-corrected chi connectivity index (χ4v) is 3.91. The van der Waals surface area contributed by atoms with Crippen LogP contribution >= 0.6 is 0 Å². The first-order chi connectivity index (χ1) is 12.0. The number of aryl methyl sites for hydroxylation is 3. The monoisotopic (exact) mass is 340 g/mol. The molecular formula is C19H28N6. The Kier molecular flexibility index (Phi) is 4.23. The van der Waals surface area contributed by atoms with Gasteiger partial charge in [0, 0.05) is 49.7 Å². The SMILES string of the molecule is Cc1cc(N(C)C2CCN(C3CC3)CC2)nc(-n2nc(C)cc2C)n1. The highest BCUT2D eigenvalue weighted by molar-refractivity contribution is 5.42. The van der Waals surface area contributed by atoms with Crippen LogP contribution < -0.4 is 4.90 Å². The molecule has 6 nitrogen and oxygen atoms in total. The van der Waals surface area contributed by atoms with Gasteiger partial charge in [-0.05, 0) is 52.5 Å². The third-order valence-corrected chi connectivity index (χ3v) is 5.50. The zero-order chi connectivity index (χ0) is 17.6. The van der Waals surface area contributed by atoms with E-state index in [9.17, 15) is 0 Å².